The van der Waals surface area contributed by atoms with Crippen LogP contribution >= 0.6 is 0 Å². The van der Waals surface area contributed by atoms with Crippen molar-refractivity contribution in [1.29, 1.82) is 0 Å². The molecule has 0 saturated carbocycles. The first-order valence-electron chi connectivity index (χ1n) is 4.68. The van der Waals surface area contributed by atoms with Gasteiger partial charge in [-0.25, -0.2) is 0 Å². The van der Waals surface area contributed by atoms with Gasteiger partial charge in [-0.05, 0) is 11.6 Å². The molecule has 78 valence electrons. The minimum atomic E-state index is -0.586. The third kappa shape index (κ3) is 1.76. The number of hydrogen-bond donors (Lipinski definition) is 1. The fraction of sp³-hybridized carbons (Fsp3) is 0.273. The lowest BCUT2D eigenvalue weighted by Crippen LogP contribution is -2.37. The molecule has 2 rings (SSSR count). The lowest BCUT2D eigenvalue weighted by Gasteiger charge is -2.09. The van der Waals surface area contributed by atoms with Gasteiger partial charge in [-0.3, -0.25) is 14.9 Å². The van der Waals surface area contributed by atoms with E-state index in [4.69, 9.17) is 4.74 Å². The van der Waals surface area contributed by atoms with Gasteiger partial charge in [0.05, 0.1) is 0 Å². The molecule has 1 unspecified atom stereocenters. The largest absolute Gasteiger partial charge is 0.371 e. The minimum Gasteiger partial charge on any atom is -0.371 e. The van der Waals surface area contributed by atoms with Crippen LogP contribution in [0.25, 0.3) is 0 Å². The molecule has 2 amide bonds. The molecule has 1 aromatic carbocycles. The van der Waals surface area contributed by atoms with Gasteiger partial charge in [0.2, 0.25) is 0 Å². The molecule has 0 aromatic heterocycles. The number of nitrogens with one attached hydrogen (secondary N) is 1. The Labute approximate surface area is 87.2 Å². The quantitative estimate of drug-likeness (QED) is 0.680. The van der Waals surface area contributed by atoms with Gasteiger partial charge in [0, 0.05) is 19.1 Å². The third-order valence-corrected chi connectivity index (χ3v) is 2.48. The molecule has 0 fully saturated rings. The molecule has 0 bridgehead atoms. The molecule has 4 nitrogen and oxygen atoms in total. The second-order valence-corrected chi connectivity index (χ2v) is 3.40. The van der Waals surface area contributed by atoms with Crippen molar-refractivity contribution in [1.82, 2.24) is 5.32 Å². The van der Waals surface area contributed by atoms with Crippen LogP contribution < -0.4 is 5.32 Å². The lowest BCUT2D eigenvalue weighted by molar-refractivity contribution is -0.129. The summed E-state index contributed by atoms with van der Waals surface area (Å²) < 4.78 is 5.02. The second kappa shape index (κ2) is 3.82. The van der Waals surface area contributed by atoms with Crippen LogP contribution in [-0.4, -0.2) is 25.0 Å². The smallest absolute Gasteiger partial charge is 0.258 e. The molecule has 4 heteroatoms. The van der Waals surface area contributed by atoms with E-state index >= 15 is 0 Å². The number of methoxy groups -OCH3 is 1. The van der Waals surface area contributed by atoms with Gasteiger partial charge >= 0.3 is 0 Å². The van der Waals surface area contributed by atoms with Crippen LogP contribution in [0.5, 0.6) is 0 Å². The number of imide groups is 1. The number of rotatable bonds is 1. The van der Waals surface area contributed by atoms with Crippen molar-refractivity contribution >= 4 is 11.8 Å². The predicted octanol–water partition coefficient (Wildman–Crippen LogP) is 0.514. The number of benzene rings is 1. The average Bonchev–Trinajstić information content (AvgIpc) is 2.36. The highest BCUT2D eigenvalue weighted by Gasteiger charge is 2.27. The van der Waals surface area contributed by atoms with E-state index < -0.39 is 6.10 Å². The summed E-state index contributed by atoms with van der Waals surface area (Å²) in [6, 6.07) is 7.15. The van der Waals surface area contributed by atoms with Gasteiger partial charge in [-0.2, -0.15) is 0 Å². The Morgan fingerprint density at radius 3 is 2.80 bits per heavy atom. The first-order valence-corrected chi connectivity index (χ1v) is 4.68. The zero-order valence-corrected chi connectivity index (χ0v) is 8.32. The Morgan fingerprint density at radius 2 is 2.07 bits per heavy atom. The number of carbonyl (C=O) groups is 2. The van der Waals surface area contributed by atoms with Gasteiger partial charge < -0.3 is 4.74 Å². The highest BCUT2D eigenvalue weighted by Crippen LogP contribution is 2.15. The zero-order valence-electron chi connectivity index (χ0n) is 8.32. The van der Waals surface area contributed by atoms with E-state index in [-0.39, 0.29) is 11.8 Å². The molecule has 1 aromatic rings. The van der Waals surface area contributed by atoms with Crippen LogP contribution in [0, 0.1) is 0 Å². The molecule has 1 heterocycles. The maximum Gasteiger partial charge on any atom is 0.258 e. The summed E-state index contributed by atoms with van der Waals surface area (Å²) in [5.41, 5.74) is 1.39. The highest BCUT2D eigenvalue weighted by atomic mass is 16.5. The molecule has 1 atom stereocenters. The van der Waals surface area contributed by atoms with Gasteiger partial charge in [0.15, 0.2) is 0 Å². The monoisotopic (exact) mass is 205 g/mol. The summed E-state index contributed by atoms with van der Waals surface area (Å²) in [6.07, 6.45) is -0.151. The predicted molar refractivity (Wildman–Crippen MR) is 53.4 cm³/mol. The van der Waals surface area contributed by atoms with Crippen LogP contribution in [0.2, 0.25) is 0 Å². The first-order chi connectivity index (χ1) is 7.22. The van der Waals surface area contributed by atoms with Crippen molar-refractivity contribution < 1.29 is 14.3 Å². The number of amides is 2. The summed E-state index contributed by atoms with van der Waals surface area (Å²) in [4.78, 5) is 23.1. The summed E-state index contributed by atoms with van der Waals surface area (Å²) >= 11 is 0. The van der Waals surface area contributed by atoms with E-state index in [0.29, 0.717) is 12.0 Å². The van der Waals surface area contributed by atoms with Crippen molar-refractivity contribution in [3.05, 3.63) is 35.4 Å². The number of fused-ring (bicyclic) bond motifs is 1. The SMILES string of the molecule is COC1Cc2ccccc2C(=O)NC1=O. The van der Waals surface area contributed by atoms with Crippen molar-refractivity contribution in [2.45, 2.75) is 12.5 Å². The minimum absolute atomic E-state index is 0.352. The highest BCUT2D eigenvalue weighted by molar-refractivity contribution is 6.08. The van der Waals surface area contributed by atoms with Crippen molar-refractivity contribution in [3.63, 3.8) is 0 Å². The first kappa shape index (κ1) is 9.86. The van der Waals surface area contributed by atoms with Crippen molar-refractivity contribution in [2.75, 3.05) is 7.11 Å². The van der Waals surface area contributed by atoms with Crippen LogP contribution in [0.4, 0.5) is 0 Å². The maximum atomic E-state index is 11.6. The summed E-state index contributed by atoms with van der Waals surface area (Å²) in [7, 11) is 1.46. The van der Waals surface area contributed by atoms with E-state index in [2.05, 4.69) is 5.32 Å². The van der Waals surface area contributed by atoms with E-state index in [0.717, 1.165) is 5.56 Å². The lowest BCUT2D eigenvalue weighted by atomic mass is 10.0. The summed E-state index contributed by atoms with van der Waals surface area (Å²) in [5.74, 6) is -0.728. The normalized spacial score (nSPS) is 20.5. The molecule has 0 radical (unpaired) electrons. The molecule has 0 spiro atoms. The molecule has 0 aliphatic carbocycles. The van der Waals surface area contributed by atoms with E-state index in [1.165, 1.54) is 7.11 Å². The van der Waals surface area contributed by atoms with Gasteiger partial charge in [0.1, 0.15) is 6.10 Å². The standard InChI is InChI=1S/C11H11NO3/c1-15-9-6-7-4-2-3-5-8(7)10(13)12-11(9)14/h2-5,9H,6H2,1H3,(H,12,13,14). The van der Waals surface area contributed by atoms with Crippen LogP contribution in [0.1, 0.15) is 15.9 Å². The Hall–Kier alpha value is -1.68. The van der Waals surface area contributed by atoms with E-state index in [1.54, 1.807) is 12.1 Å². The zero-order chi connectivity index (χ0) is 10.8. The van der Waals surface area contributed by atoms with Crippen LogP contribution in [0.3, 0.4) is 0 Å². The second-order valence-electron chi connectivity index (χ2n) is 3.40. The Kier molecular flexibility index (Phi) is 2.51. The summed E-state index contributed by atoms with van der Waals surface area (Å²) in [5, 5.41) is 2.30. The van der Waals surface area contributed by atoms with Gasteiger partial charge in [-0.1, -0.05) is 18.2 Å². The number of carbonyl (C=O) groups excluding carboxylic acids is 2. The number of hydrogen-bond acceptors (Lipinski definition) is 3. The van der Waals surface area contributed by atoms with Gasteiger partial charge in [-0.15, -0.1) is 0 Å². The van der Waals surface area contributed by atoms with Crippen LogP contribution in [-0.2, 0) is 16.0 Å². The van der Waals surface area contributed by atoms with Gasteiger partial charge in [0.25, 0.3) is 11.8 Å². The average molecular weight is 205 g/mol. The van der Waals surface area contributed by atoms with E-state index in [1.807, 2.05) is 12.1 Å². The fourth-order valence-corrected chi connectivity index (χ4v) is 1.66. The Bertz CT molecular complexity index is 414. The Morgan fingerprint density at radius 1 is 1.33 bits per heavy atom. The maximum absolute atomic E-state index is 11.6. The molecule has 1 aliphatic heterocycles. The fourth-order valence-electron chi connectivity index (χ4n) is 1.66. The molecule has 15 heavy (non-hydrogen) atoms. The molecular weight excluding hydrogens is 194 g/mol. The number of ether oxygens (including phenoxy) is 1. The molecular formula is C11H11NO3. The van der Waals surface area contributed by atoms with Crippen molar-refractivity contribution in [2.24, 2.45) is 0 Å². The molecule has 1 N–H and O–H groups in total. The molecule has 1 aliphatic rings. The topological polar surface area (TPSA) is 55.4 Å². The Balaban J connectivity index is 2.43. The molecule has 0 saturated heterocycles. The van der Waals surface area contributed by atoms with Crippen molar-refractivity contribution in [3.8, 4) is 0 Å². The van der Waals surface area contributed by atoms with Crippen LogP contribution in [0.15, 0.2) is 24.3 Å². The summed E-state index contributed by atoms with van der Waals surface area (Å²) in [6.45, 7) is 0. The van der Waals surface area contributed by atoms with E-state index in [9.17, 15) is 9.59 Å². The third-order valence-electron chi connectivity index (χ3n) is 2.48.